The van der Waals surface area contributed by atoms with Crippen LogP contribution in [0.1, 0.15) is 51.2 Å². The average molecular weight is 234 g/mol. The number of rotatable bonds is 5. The molecule has 0 unspecified atom stereocenters. The molecule has 0 aromatic heterocycles. The molecule has 0 radical (unpaired) electrons. The van der Waals surface area contributed by atoms with Crippen molar-refractivity contribution in [3.05, 3.63) is 35.4 Å². The first kappa shape index (κ1) is 13.8. The van der Waals surface area contributed by atoms with Crippen LogP contribution in [-0.4, -0.2) is 5.97 Å². The van der Waals surface area contributed by atoms with E-state index in [2.05, 4.69) is 26.0 Å². The quantitative estimate of drug-likeness (QED) is 0.722. The lowest BCUT2D eigenvalue weighted by molar-refractivity contribution is -0.145. The highest BCUT2D eigenvalue weighted by molar-refractivity contribution is 5.69. The summed E-state index contributed by atoms with van der Waals surface area (Å²) in [4.78, 5) is 11.4. The van der Waals surface area contributed by atoms with Crippen molar-refractivity contribution in [2.75, 3.05) is 0 Å². The van der Waals surface area contributed by atoms with E-state index < -0.39 is 0 Å². The number of benzene rings is 1. The van der Waals surface area contributed by atoms with Crippen molar-refractivity contribution in [2.24, 2.45) is 5.92 Å². The lowest BCUT2D eigenvalue weighted by atomic mass is 10.0. The summed E-state index contributed by atoms with van der Waals surface area (Å²) in [5.74, 6) is 0.737. The molecular weight excluding hydrogens is 212 g/mol. The molecule has 0 atom stereocenters. The van der Waals surface area contributed by atoms with Crippen molar-refractivity contribution in [2.45, 2.75) is 46.6 Å². The molecule has 0 aliphatic heterocycles. The highest BCUT2D eigenvalue weighted by Gasteiger charge is 2.07. The Kier molecular flexibility index (Phi) is 5.20. The van der Waals surface area contributed by atoms with Gasteiger partial charge in [0.2, 0.25) is 0 Å². The Labute approximate surface area is 104 Å². The molecule has 0 N–H and O–H groups in total. The van der Waals surface area contributed by atoms with Crippen LogP contribution in [-0.2, 0) is 16.1 Å². The van der Waals surface area contributed by atoms with Gasteiger partial charge in [-0.1, -0.05) is 52.0 Å². The van der Waals surface area contributed by atoms with E-state index in [1.165, 1.54) is 5.56 Å². The largest absolute Gasteiger partial charge is 0.461 e. The molecule has 0 saturated carbocycles. The number of esters is 1. The summed E-state index contributed by atoms with van der Waals surface area (Å²) < 4.78 is 5.23. The number of carbonyl (C=O) groups excluding carboxylic acids is 1. The maximum absolute atomic E-state index is 11.4. The first-order chi connectivity index (χ1) is 7.99. The third kappa shape index (κ3) is 5.03. The Hall–Kier alpha value is -1.31. The van der Waals surface area contributed by atoms with Crippen LogP contribution in [0.25, 0.3) is 0 Å². The molecule has 94 valence electrons. The monoisotopic (exact) mass is 234 g/mol. The van der Waals surface area contributed by atoms with Crippen LogP contribution in [0.15, 0.2) is 24.3 Å². The third-order valence-corrected chi connectivity index (χ3v) is 2.59. The smallest absolute Gasteiger partial charge is 0.306 e. The zero-order valence-electron chi connectivity index (χ0n) is 11.2. The number of hydrogen-bond donors (Lipinski definition) is 0. The van der Waals surface area contributed by atoms with Gasteiger partial charge in [0.1, 0.15) is 6.61 Å². The summed E-state index contributed by atoms with van der Waals surface area (Å²) in [5.41, 5.74) is 2.34. The van der Waals surface area contributed by atoms with Gasteiger partial charge in [0, 0.05) is 6.42 Å². The van der Waals surface area contributed by atoms with Crippen molar-refractivity contribution in [3.63, 3.8) is 0 Å². The van der Waals surface area contributed by atoms with Crippen LogP contribution >= 0.6 is 0 Å². The van der Waals surface area contributed by atoms with Crippen LogP contribution < -0.4 is 0 Å². The fourth-order valence-electron chi connectivity index (χ4n) is 1.60. The van der Waals surface area contributed by atoms with Gasteiger partial charge in [-0.05, 0) is 23.0 Å². The molecule has 0 fully saturated rings. The predicted octanol–water partition coefficient (Wildman–Crippen LogP) is 3.90. The van der Waals surface area contributed by atoms with Crippen LogP contribution in [0.2, 0.25) is 0 Å². The SMILES string of the molecule is CC(C)CC(=O)OCc1cccc(C(C)C)c1. The lowest BCUT2D eigenvalue weighted by Crippen LogP contribution is -2.07. The first-order valence-electron chi connectivity index (χ1n) is 6.23. The van der Waals surface area contributed by atoms with Crippen molar-refractivity contribution in [1.29, 1.82) is 0 Å². The predicted molar refractivity (Wildman–Crippen MR) is 69.8 cm³/mol. The molecule has 0 spiro atoms. The van der Waals surface area contributed by atoms with E-state index in [0.29, 0.717) is 24.9 Å². The summed E-state index contributed by atoms with van der Waals surface area (Å²) in [6, 6.07) is 8.22. The topological polar surface area (TPSA) is 26.3 Å². The molecule has 0 aliphatic rings. The highest BCUT2D eigenvalue weighted by Crippen LogP contribution is 2.16. The van der Waals surface area contributed by atoms with Gasteiger partial charge in [-0.15, -0.1) is 0 Å². The van der Waals surface area contributed by atoms with Crippen LogP contribution in [0.3, 0.4) is 0 Å². The first-order valence-corrected chi connectivity index (χ1v) is 6.23. The van der Waals surface area contributed by atoms with Gasteiger partial charge in [0.05, 0.1) is 0 Å². The standard InChI is InChI=1S/C15H22O2/c1-11(2)8-15(16)17-10-13-6-5-7-14(9-13)12(3)4/h5-7,9,11-12H,8,10H2,1-4H3. The second-order valence-corrected chi connectivity index (χ2v) is 5.16. The van der Waals surface area contributed by atoms with Crippen molar-refractivity contribution >= 4 is 5.97 Å². The molecule has 17 heavy (non-hydrogen) atoms. The minimum Gasteiger partial charge on any atom is -0.461 e. The molecule has 0 amide bonds. The molecular formula is C15H22O2. The van der Waals surface area contributed by atoms with E-state index in [1.807, 2.05) is 26.0 Å². The van der Waals surface area contributed by atoms with Crippen molar-refractivity contribution in [3.8, 4) is 0 Å². The molecule has 2 heteroatoms. The van der Waals surface area contributed by atoms with Crippen molar-refractivity contribution in [1.82, 2.24) is 0 Å². The summed E-state index contributed by atoms with van der Waals surface area (Å²) >= 11 is 0. The molecule has 0 heterocycles. The van der Waals surface area contributed by atoms with E-state index in [4.69, 9.17) is 4.74 Å². The fraction of sp³-hybridized carbons (Fsp3) is 0.533. The van der Waals surface area contributed by atoms with Gasteiger partial charge in [-0.3, -0.25) is 4.79 Å². The maximum Gasteiger partial charge on any atom is 0.306 e. The van der Waals surface area contributed by atoms with E-state index in [9.17, 15) is 4.79 Å². The van der Waals surface area contributed by atoms with Gasteiger partial charge in [0.25, 0.3) is 0 Å². The summed E-state index contributed by atoms with van der Waals surface area (Å²) in [7, 11) is 0. The molecule has 1 aromatic rings. The third-order valence-electron chi connectivity index (χ3n) is 2.59. The van der Waals surface area contributed by atoms with Crippen molar-refractivity contribution < 1.29 is 9.53 Å². The summed E-state index contributed by atoms with van der Waals surface area (Å²) in [5, 5.41) is 0. The van der Waals surface area contributed by atoms with Gasteiger partial charge in [-0.25, -0.2) is 0 Å². The van der Waals surface area contributed by atoms with Crippen LogP contribution in [0.5, 0.6) is 0 Å². The zero-order valence-corrected chi connectivity index (χ0v) is 11.2. The highest BCUT2D eigenvalue weighted by atomic mass is 16.5. The fourth-order valence-corrected chi connectivity index (χ4v) is 1.60. The van der Waals surface area contributed by atoms with Gasteiger partial charge in [0.15, 0.2) is 0 Å². The normalized spacial score (nSPS) is 10.9. The Morgan fingerprint density at radius 3 is 2.53 bits per heavy atom. The van der Waals surface area contributed by atoms with Gasteiger partial charge in [-0.2, -0.15) is 0 Å². The van der Waals surface area contributed by atoms with E-state index >= 15 is 0 Å². The second kappa shape index (κ2) is 6.43. The molecule has 0 aliphatic carbocycles. The Morgan fingerprint density at radius 1 is 1.24 bits per heavy atom. The van der Waals surface area contributed by atoms with Gasteiger partial charge < -0.3 is 4.74 Å². The lowest BCUT2D eigenvalue weighted by Gasteiger charge is -2.09. The zero-order chi connectivity index (χ0) is 12.8. The summed E-state index contributed by atoms with van der Waals surface area (Å²) in [6.45, 7) is 8.72. The van der Waals surface area contributed by atoms with E-state index in [1.54, 1.807) is 0 Å². The molecule has 1 aromatic carbocycles. The Bertz CT molecular complexity index is 367. The molecule has 1 rings (SSSR count). The Morgan fingerprint density at radius 2 is 1.94 bits per heavy atom. The summed E-state index contributed by atoms with van der Waals surface area (Å²) in [6.07, 6.45) is 0.490. The number of carbonyl (C=O) groups is 1. The minimum absolute atomic E-state index is 0.116. The number of hydrogen-bond acceptors (Lipinski definition) is 2. The van der Waals surface area contributed by atoms with E-state index in [0.717, 1.165) is 5.56 Å². The number of ether oxygens (including phenoxy) is 1. The average Bonchev–Trinajstić information content (AvgIpc) is 2.26. The van der Waals surface area contributed by atoms with Crippen LogP contribution in [0, 0.1) is 5.92 Å². The molecule has 2 nitrogen and oxygen atoms in total. The van der Waals surface area contributed by atoms with E-state index in [-0.39, 0.29) is 5.97 Å². The minimum atomic E-state index is -0.116. The van der Waals surface area contributed by atoms with Crippen LogP contribution in [0.4, 0.5) is 0 Å². The Balaban J connectivity index is 2.52. The van der Waals surface area contributed by atoms with Gasteiger partial charge >= 0.3 is 5.97 Å². The maximum atomic E-state index is 11.4. The molecule has 0 saturated heterocycles. The second-order valence-electron chi connectivity index (χ2n) is 5.16. The molecule has 0 bridgehead atoms.